The maximum absolute atomic E-state index is 13.3. The van der Waals surface area contributed by atoms with E-state index in [-0.39, 0.29) is 6.04 Å². The number of rotatable bonds is 37. The topological polar surface area (TPSA) is 111 Å². The summed E-state index contributed by atoms with van der Waals surface area (Å²) in [4.78, 5) is 0. The highest BCUT2D eigenvalue weighted by Gasteiger charge is 2.49. The van der Waals surface area contributed by atoms with Crippen LogP contribution < -0.4 is 0 Å². The summed E-state index contributed by atoms with van der Waals surface area (Å²) in [5, 5.41) is 0. The second-order valence-corrected chi connectivity index (χ2v) is 34.9. The van der Waals surface area contributed by atoms with Crippen LogP contribution in [0.2, 0.25) is 76.6 Å². The van der Waals surface area contributed by atoms with Crippen molar-refractivity contribution in [3.63, 3.8) is 0 Å². The zero-order chi connectivity index (χ0) is 40.3. The smallest absolute Gasteiger partial charge is 0.389 e. The maximum atomic E-state index is 13.3. The highest BCUT2D eigenvalue weighted by Crippen LogP contribution is 2.34. The Morgan fingerprint density at radius 2 is 0.717 bits per heavy atom. The third kappa shape index (κ3) is 32.1. The van der Waals surface area contributed by atoms with Gasteiger partial charge in [0.05, 0.1) is 92.5 Å². The molecule has 0 amide bonds. The summed E-state index contributed by atoms with van der Waals surface area (Å²) in [5.74, 6) is 0. The van der Waals surface area contributed by atoms with Gasteiger partial charge in [-0.15, -0.1) is 0 Å². The van der Waals surface area contributed by atoms with Gasteiger partial charge in [0.2, 0.25) is 0 Å². The molecule has 0 fully saturated rings. The molecule has 0 aromatic rings. The van der Waals surface area contributed by atoms with Gasteiger partial charge in [0, 0.05) is 20.1 Å². The Balaban J connectivity index is 4.42. The fourth-order valence-electron chi connectivity index (χ4n) is 5.05. The number of ether oxygens (including phenoxy) is 8. The van der Waals surface area contributed by atoms with Gasteiger partial charge in [-0.25, -0.2) is 0 Å². The molecule has 2 atom stereocenters. The monoisotopic (exact) mass is 860 g/mol. The van der Waals surface area contributed by atoms with Crippen molar-refractivity contribution in [3.05, 3.63) is 0 Å². The van der Waals surface area contributed by atoms with Crippen LogP contribution >= 0.6 is 0 Å². The summed E-state index contributed by atoms with van der Waals surface area (Å²) in [6.07, 6.45) is -4.48. The lowest BCUT2D eigenvalue weighted by molar-refractivity contribution is -0.131. The quantitative estimate of drug-likeness (QED) is 0.0457. The van der Waals surface area contributed by atoms with Gasteiger partial charge in [0.15, 0.2) is 16.6 Å². The van der Waals surface area contributed by atoms with Crippen LogP contribution in [0.4, 0.5) is 13.2 Å². The molecule has 320 valence electrons. The Hall–Kier alpha value is 0.394. The number of alkyl halides is 3. The molecule has 0 saturated carbocycles. The Morgan fingerprint density at radius 1 is 0.415 bits per heavy atom. The zero-order valence-corrected chi connectivity index (χ0v) is 39.9. The van der Waals surface area contributed by atoms with E-state index in [4.69, 9.17) is 54.4 Å². The van der Waals surface area contributed by atoms with Crippen LogP contribution in [0.25, 0.3) is 0 Å². The van der Waals surface area contributed by atoms with E-state index < -0.39 is 54.9 Å². The SMILES string of the molecule is CC[Si](C)(C)O[Si](C)(CCCOCCOCCOCCOCCOCCOCCOCCOC)O[Si](C)(C)O[Si](C)(CCC(F)(F)F)O[Si](C)(C)CC. The van der Waals surface area contributed by atoms with E-state index in [9.17, 15) is 13.2 Å². The highest BCUT2D eigenvalue weighted by atomic mass is 28.5. The van der Waals surface area contributed by atoms with E-state index in [2.05, 4.69) is 26.6 Å². The van der Waals surface area contributed by atoms with E-state index in [1.807, 2.05) is 33.1 Å². The molecule has 0 aliphatic heterocycles. The molecule has 0 spiro atoms. The first-order valence-electron chi connectivity index (χ1n) is 19.1. The molecule has 0 saturated heterocycles. The molecule has 0 aromatic heterocycles. The van der Waals surface area contributed by atoms with E-state index >= 15 is 0 Å². The van der Waals surface area contributed by atoms with Crippen molar-refractivity contribution in [1.29, 1.82) is 0 Å². The van der Waals surface area contributed by atoms with E-state index in [0.29, 0.717) is 105 Å². The molecule has 2 unspecified atom stereocenters. The third-order valence-corrected chi connectivity index (χ3v) is 29.1. The van der Waals surface area contributed by atoms with E-state index in [0.717, 1.165) is 18.5 Å². The van der Waals surface area contributed by atoms with Gasteiger partial charge >= 0.3 is 31.9 Å². The molecule has 0 aromatic carbocycles. The number of halogens is 3. The number of hydrogen-bond donors (Lipinski definition) is 0. The minimum atomic E-state index is -4.28. The summed E-state index contributed by atoms with van der Waals surface area (Å²) in [6.45, 7) is 27.7. The molecular formula is C33H75F3O12Si5. The molecule has 0 aliphatic carbocycles. The van der Waals surface area contributed by atoms with Crippen molar-refractivity contribution >= 4 is 42.3 Å². The molecule has 0 bridgehead atoms. The van der Waals surface area contributed by atoms with E-state index in [1.54, 1.807) is 13.7 Å². The second-order valence-electron chi connectivity index (χ2n) is 14.8. The van der Waals surface area contributed by atoms with Crippen LogP contribution in [0.15, 0.2) is 0 Å². The lowest BCUT2D eigenvalue weighted by atomic mass is 10.5. The van der Waals surface area contributed by atoms with Crippen molar-refractivity contribution in [1.82, 2.24) is 0 Å². The standard InChI is InChI=1S/C33H75F3O12Si5/c1-12-49(4,5)45-52(10,47-51(8,9)48-53(11,32-15-33(34,35)36)46-50(6,7)13-2)31-14-16-38-19-20-40-23-24-42-27-28-44-30-29-43-26-25-41-22-21-39-18-17-37-3/h12-32H2,1-11H3. The van der Waals surface area contributed by atoms with Crippen LogP contribution in [0.5, 0.6) is 0 Å². The molecule has 0 radical (unpaired) electrons. The van der Waals surface area contributed by atoms with Crippen molar-refractivity contribution in [2.24, 2.45) is 0 Å². The van der Waals surface area contributed by atoms with Crippen LogP contribution in [0, 0.1) is 0 Å². The lowest BCUT2D eigenvalue weighted by Gasteiger charge is -2.44. The highest BCUT2D eigenvalue weighted by molar-refractivity contribution is 6.91. The minimum absolute atomic E-state index is 0.154. The lowest BCUT2D eigenvalue weighted by Crippen LogP contribution is -2.60. The summed E-state index contributed by atoms with van der Waals surface area (Å²) >= 11 is 0. The predicted octanol–water partition coefficient (Wildman–Crippen LogP) is 7.45. The summed E-state index contributed by atoms with van der Waals surface area (Å²) in [5.41, 5.74) is 0. The molecule has 0 heterocycles. The predicted molar refractivity (Wildman–Crippen MR) is 213 cm³/mol. The summed E-state index contributed by atoms with van der Waals surface area (Å²) in [7, 11) is -11.6. The average molecular weight is 861 g/mol. The average Bonchev–Trinajstić information content (AvgIpc) is 3.04. The molecular weight excluding hydrogens is 786 g/mol. The van der Waals surface area contributed by atoms with Crippen LogP contribution in [0.3, 0.4) is 0 Å². The van der Waals surface area contributed by atoms with Crippen molar-refractivity contribution < 1.29 is 67.5 Å². The molecule has 12 nitrogen and oxygen atoms in total. The number of hydrogen-bond acceptors (Lipinski definition) is 12. The third-order valence-electron chi connectivity index (χ3n) is 8.06. The Morgan fingerprint density at radius 3 is 1.02 bits per heavy atom. The van der Waals surface area contributed by atoms with Gasteiger partial charge in [-0.1, -0.05) is 13.8 Å². The zero-order valence-electron chi connectivity index (χ0n) is 34.9. The van der Waals surface area contributed by atoms with Crippen LogP contribution in [0.1, 0.15) is 26.7 Å². The first kappa shape index (κ1) is 53.4. The molecule has 20 heteroatoms. The largest absolute Gasteiger partial charge is 0.436 e. The fraction of sp³-hybridized carbons (Fsp3) is 1.00. The van der Waals surface area contributed by atoms with Crippen LogP contribution in [-0.2, 0) is 54.4 Å². The van der Waals surface area contributed by atoms with Gasteiger partial charge in [-0.2, -0.15) is 13.2 Å². The molecule has 53 heavy (non-hydrogen) atoms. The van der Waals surface area contributed by atoms with Crippen molar-refractivity contribution in [3.8, 4) is 0 Å². The first-order valence-corrected chi connectivity index (χ1v) is 33.2. The Bertz CT molecular complexity index is 899. The maximum Gasteiger partial charge on any atom is 0.389 e. The van der Waals surface area contributed by atoms with Crippen molar-refractivity contribution in [2.75, 3.05) is 106 Å². The van der Waals surface area contributed by atoms with Crippen LogP contribution in [-0.4, -0.2) is 155 Å². The summed E-state index contributed by atoms with van der Waals surface area (Å²) < 4.78 is 110. The molecule has 0 rings (SSSR count). The van der Waals surface area contributed by atoms with Gasteiger partial charge in [-0.3, -0.25) is 0 Å². The van der Waals surface area contributed by atoms with Crippen molar-refractivity contribution in [2.45, 2.75) is 109 Å². The summed E-state index contributed by atoms with van der Waals surface area (Å²) in [6, 6.07) is 2.24. The minimum Gasteiger partial charge on any atom is -0.436 e. The molecule has 0 aliphatic rings. The second kappa shape index (κ2) is 28.7. The van der Waals surface area contributed by atoms with Gasteiger partial charge in [0.1, 0.15) is 0 Å². The Labute approximate surface area is 324 Å². The number of methoxy groups -OCH3 is 1. The first-order chi connectivity index (χ1) is 24.7. The van der Waals surface area contributed by atoms with Gasteiger partial charge in [0.25, 0.3) is 0 Å². The van der Waals surface area contributed by atoms with Gasteiger partial charge < -0.3 is 54.4 Å². The van der Waals surface area contributed by atoms with E-state index in [1.165, 1.54) is 0 Å². The fourth-order valence-corrected chi connectivity index (χ4v) is 28.7. The molecule has 0 N–H and O–H groups in total. The van der Waals surface area contributed by atoms with Gasteiger partial charge in [-0.05, 0) is 83.0 Å². The Kier molecular flexibility index (Phi) is 29.0. The normalized spacial score (nSPS) is 15.5.